The second-order valence-electron chi connectivity index (χ2n) is 6.09. The van der Waals surface area contributed by atoms with Crippen LogP contribution >= 0.6 is 11.8 Å². The number of aromatic hydroxyl groups is 1. The molecule has 0 bridgehead atoms. The van der Waals surface area contributed by atoms with Crippen molar-refractivity contribution in [1.82, 2.24) is 15.2 Å². The van der Waals surface area contributed by atoms with Crippen LogP contribution in [0.3, 0.4) is 0 Å². The molecule has 3 aromatic rings. The summed E-state index contributed by atoms with van der Waals surface area (Å²) in [6.07, 6.45) is 4.16. The molecule has 10 heteroatoms. The summed E-state index contributed by atoms with van der Waals surface area (Å²) >= 11 is 1.08. The normalized spacial score (nSPS) is 11.1. The van der Waals surface area contributed by atoms with Gasteiger partial charge in [-0.25, -0.2) is 13.4 Å². The molecule has 0 fully saturated rings. The van der Waals surface area contributed by atoms with Gasteiger partial charge in [0, 0.05) is 16.7 Å². The number of carbonyl (C=O) groups excluding carboxylic acids is 1. The quantitative estimate of drug-likeness (QED) is 0.356. The summed E-state index contributed by atoms with van der Waals surface area (Å²) in [5, 5.41) is 17.4. The molecule has 154 valence electrons. The van der Waals surface area contributed by atoms with Crippen LogP contribution in [0.15, 0.2) is 64.8 Å². The lowest BCUT2D eigenvalue weighted by Crippen LogP contribution is -2.14. The number of sulfonamides is 1. The van der Waals surface area contributed by atoms with Gasteiger partial charge in [-0.1, -0.05) is 37.4 Å². The van der Waals surface area contributed by atoms with Crippen molar-refractivity contribution in [1.29, 1.82) is 0 Å². The Morgan fingerprint density at radius 1 is 1.20 bits per heavy atom. The van der Waals surface area contributed by atoms with Gasteiger partial charge < -0.3 is 5.11 Å². The third-order valence-corrected chi connectivity index (χ3v) is 6.47. The molecule has 1 aromatic heterocycles. The van der Waals surface area contributed by atoms with Gasteiger partial charge in [0.25, 0.3) is 10.0 Å². The molecule has 0 aliphatic heterocycles. The molecule has 0 unspecified atom stereocenters. The van der Waals surface area contributed by atoms with E-state index in [-0.39, 0.29) is 22.1 Å². The number of hydrogen-bond acceptors (Lipinski definition) is 7. The molecule has 1 heterocycles. The molecular formula is C20H18N4O4S2. The van der Waals surface area contributed by atoms with Crippen molar-refractivity contribution >= 4 is 45.4 Å². The van der Waals surface area contributed by atoms with Gasteiger partial charge in [0.15, 0.2) is 10.9 Å². The number of benzene rings is 2. The second-order valence-corrected chi connectivity index (χ2v) is 8.80. The van der Waals surface area contributed by atoms with Crippen molar-refractivity contribution in [3.05, 3.63) is 66.5 Å². The minimum absolute atomic E-state index is 0.0137. The summed E-state index contributed by atoms with van der Waals surface area (Å²) in [5.74, 6) is -0.251. The number of carbonyl (C=O) groups is 1. The van der Waals surface area contributed by atoms with Crippen LogP contribution < -0.4 is 4.72 Å². The Kier molecular flexibility index (Phi) is 6.09. The van der Waals surface area contributed by atoms with Crippen molar-refractivity contribution in [2.24, 2.45) is 0 Å². The molecule has 30 heavy (non-hydrogen) atoms. The van der Waals surface area contributed by atoms with Gasteiger partial charge in [-0.2, -0.15) is 5.10 Å². The Labute approximate surface area is 177 Å². The Morgan fingerprint density at radius 2 is 1.87 bits per heavy atom. The lowest BCUT2D eigenvalue weighted by molar-refractivity contribution is 0.101. The summed E-state index contributed by atoms with van der Waals surface area (Å²) < 4.78 is 28.3. The van der Waals surface area contributed by atoms with E-state index in [4.69, 9.17) is 0 Å². The van der Waals surface area contributed by atoms with Crippen molar-refractivity contribution in [3.8, 4) is 5.75 Å². The Hall–Kier alpha value is -3.37. The highest BCUT2D eigenvalue weighted by Gasteiger charge is 2.21. The minimum Gasteiger partial charge on any atom is -0.506 e. The van der Waals surface area contributed by atoms with Crippen LogP contribution in [0.2, 0.25) is 0 Å². The largest absolute Gasteiger partial charge is 0.506 e. The van der Waals surface area contributed by atoms with Gasteiger partial charge in [0.2, 0.25) is 0 Å². The number of aromatic nitrogens is 3. The summed E-state index contributed by atoms with van der Waals surface area (Å²) in [4.78, 5) is 15.8. The number of H-pyrrole nitrogens is 1. The van der Waals surface area contributed by atoms with Gasteiger partial charge in [0.05, 0.1) is 15.5 Å². The zero-order valence-corrected chi connectivity index (χ0v) is 17.5. The third-order valence-electron chi connectivity index (χ3n) is 4.17. The average Bonchev–Trinajstić information content (AvgIpc) is 3.23. The SMILES string of the molecule is C=Cc1c(NS(=O)(=O)c2ccc(C(C)=O)cc2)cc(Sc2ncn[nH]2)c(O)c1C=C. The number of Topliss-reactive ketones (excluding diaryl/α,β-unsaturated/α-hetero) is 1. The fraction of sp³-hybridized carbons (Fsp3) is 0.0500. The number of phenolic OH excluding ortho intramolecular Hbond substituents is 1. The predicted octanol–water partition coefficient (Wildman–Crippen LogP) is 3.95. The molecule has 0 amide bonds. The van der Waals surface area contributed by atoms with Gasteiger partial charge in [-0.3, -0.25) is 14.6 Å². The van der Waals surface area contributed by atoms with Gasteiger partial charge in [-0.15, -0.1) is 0 Å². The average molecular weight is 443 g/mol. The number of nitrogens with one attached hydrogen (secondary N) is 2. The highest BCUT2D eigenvalue weighted by Crippen LogP contribution is 2.41. The van der Waals surface area contributed by atoms with Crippen molar-refractivity contribution < 1.29 is 18.3 Å². The van der Waals surface area contributed by atoms with E-state index in [2.05, 4.69) is 33.1 Å². The van der Waals surface area contributed by atoms with Crippen molar-refractivity contribution in [2.75, 3.05) is 4.72 Å². The van der Waals surface area contributed by atoms with Crippen LogP contribution in [0.5, 0.6) is 5.75 Å². The summed E-state index contributed by atoms with van der Waals surface area (Å²) in [7, 11) is -3.98. The number of ketones is 1. The number of rotatable bonds is 8. The smallest absolute Gasteiger partial charge is 0.261 e. The topological polar surface area (TPSA) is 125 Å². The molecule has 0 aliphatic rings. The van der Waals surface area contributed by atoms with Gasteiger partial charge >= 0.3 is 0 Å². The molecule has 0 radical (unpaired) electrons. The molecule has 0 spiro atoms. The first-order chi connectivity index (χ1) is 14.3. The number of anilines is 1. The maximum atomic E-state index is 12.9. The highest BCUT2D eigenvalue weighted by molar-refractivity contribution is 7.99. The van der Waals surface area contributed by atoms with Crippen molar-refractivity contribution in [3.63, 3.8) is 0 Å². The van der Waals surface area contributed by atoms with Crippen LogP contribution in [0.25, 0.3) is 12.2 Å². The number of hydrogen-bond donors (Lipinski definition) is 3. The molecule has 2 aromatic carbocycles. The first-order valence-electron chi connectivity index (χ1n) is 8.58. The third kappa shape index (κ3) is 4.29. The van der Waals surface area contributed by atoms with E-state index < -0.39 is 10.0 Å². The number of nitrogens with zero attached hydrogens (tertiary/aromatic N) is 2. The minimum atomic E-state index is -3.98. The zero-order chi connectivity index (χ0) is 21.9. The first-order valence-corrected chi connectivity index (χ1v) is 10.9. The Morgan fingerprint density at radius 3 is 2.40 bits per heavy atom. The number of aromatic amines is 1. The van der Waals surface area contributed by atoms with E-state index in [0.29, 0.717) is 26.7 Å². The van der Waals surface area contributed by atoms with E-state index in [1.807, 2.05) is 0 Å². The van der Waals surface area contributed by atoms with Crippen LogP contribution in [-0.4, -0.2) is 34.5 Å². The van der Waals surface area contributed by atoms with E-state index >= 15 is 0 Å². The molecular weight excluding hydrogens is 424 g/mol. The molecule has 0 atom stereocenters. The Balaban J connectivity index is 2.06. The first kappa shape index (κ1) is 21.3. The van der Waals surface area contributed by atoms with E-state index in [1.54, 1.807) is 0 Å². The van der Waals surface area contributed by atoms with Gasteiger partial charge in [0.1, 0.15) is 12.1 Å². The predicted molar refractivity (Wildman–Crippen MR) is 116 cm³/mol. The van der Waals surface area contributed by atoms with E-state index in [0.717, 1.165) is 11.8 Å². The lowest BCUT2D eigenvalue weighted by Gasteiger charge is -2.16. The van der Waals surface area contributed by atoms with Crippen LogP contribution in [0.1, 0.15) is 28.4 Å². The van der Waals surface area contributed by atoms with Crippen LogP contribution in [0, 0.1) is 0 Å². The summed E-state index contributed by atoms with van der Waals surface area (Å²) in [6.45, 7) is 8.81. The Bertz CT molecular complexity index is 1220. The molecule has 0 saturated carbocycles. The maximum Gasteiger partial charge on any atom is 0.261 e. The van der Waals surface area contributed by atoms with E-state index in [9.17, 15) is 18.3 Å². The molecule has 8 nitrogen and oxygen atoms in total. The standard InChI is InChI=1S/C20H18N4O4S2/c1-4-15-16(5-2)19(26)18(29-20-21-11-22-23-20)10-17(15)24-30(27,28)14-8-6-13(7-9-14)12(3)25/h4-11,24,26H,1-2H2,3H3,(H,21,22,23). The maximum absolute atomic E-state index is 12.9. The zero-order valence-electron chi connectivity index (χ0n) is 15.9. The lowest BCUT2D eigenvalue weighted by atomic mass is 10.0. The van der Waals surface area contributed by atoms with Gasteiger partial charge in [-0.05, 0) is 36.9 Å². The summed E-state index contributed by atoms with van der Waals surface area (Å²) in [6, 6.07) is 7.08. The molecule has 3 rings (SSSR count). The molecule has 0 saturated heterocycles. The monoisotopic (exact) mass is 442 g/mol. The summed E-state index contributed by atoms with van der Waals surface area (Å²) in [5.41, 5.74) is 1.30. The fourth-order valence-corrected chi connectivity index (χ4v) is 4.55. The number of phenols is 1. The van der Waals surface area contributed by atoms with E-state index in [1.165, 1.54) is 55.7 Å². The fourth-order valence-electron chi connectivity index (χ4n) is 2.69. The van der Waals surface area contributed by atoms with Crippen LogP contribution in [0.4, 0.5) is 5.69 Å². The van der Waals surface area contributed by atoms with Crippen LogP contribution in [-0.2, 0) is 10.0 Å². The highest BCUT2D eigenvalue weighted by atomic mass is 32.2. The molecule has 3 N–H and O–H groups in total. The second kappa shape index (κ2) is 8.56. The van der Waals surface area contributed by atoms with Crippen molar-refractivity contribution in [2.45, 2.75) is 21.9 Å². The molecule has 0 aliphatic carbocycles.